The topological polar surface area (TPSA) is 84.7 Å². The number of hydrogen-bond acceptors (Lipinski definition) is 4. The lowest BCUT2D eigenvalue weighted by Gasteiger charge is -2.20. The molecule has 6 heteroatoms. The molecule has 20 heavy (non-hydrogen) atoms. The molecule has 1 heterocycles. The second-order valence-corrected chi connectivity index (χ2v) is 4.81. The van der Waals surface area contributed by atoms with E-state index in [4.69, 9.17) is 10.5 Å². The minimum Gasteiger partial charge on any atom is -0.494 e. The first-order valence-electron chi connectivity index (χ1n) is 6.58. The average molecular weight is 277 g/mol. The fraction of sp³-hybridized carbons (Fsp3) is 0.429. The van der Waals surface area contributed by atoms with Crippen LogP contribution in [-0.2, 0) is 9.59 Å². The first-order valence-corrected chi connectivity index (χ1v) is 6.58. The number of ether oxygens (including phenoxy) is 1. The van der Waals surface area contributed by atoms with Gasteiger partial charge in [0.1, 0.15) is 5.75 Å². The fourth-order valence-electron chi connectivity index (χ4n) is 2.14. The van der Waals surface area contributed by atoms with E-state index in [-0.39, 0.29) is 11.8 Å². The summed E-state index contributed by atoms with van der Waals surface area (Å²) in [6.45, 7) is 2.31. The Morgan fingerprint density at radius 1 is 1.50 bits per heavy atom. The zero-order valence-corrected chi connectivity index (χ0v) is 11.7. The summed E-state index contributed by atoms with van der Waals surface area (Å²) in [5.74, 6) is 0.385. The Balaban J connectivity index is 2.24. The summed E-state index contributed by atoms with van der Waals surface area (Å²) in [5.41, 5.74) is 6.83. The Hall–Kier alpha value is -2.08. The highest BCUT2D eigenvalue weighted by Crippen LogP contribution is 2.33. The molecular formula is C14H19N3O3. The van der Waals surface area contributed by atoms with E-state index in [1.54, 1.807) is 30.0 Å². The highest BCUT2D eigenvalue weighted by atomic mass is 16.5. The van der Waals surface area contributed by atoms with Crippen molar-refractivity contribution in [1.82, 2.24) is 0 Å². The number of hydrogen-bond donors (Lipinski definition) is 2. The third-order valence-corrected chi connectivity index (χ3v) is 3.23. The largest absolute Gasteiger partial charge is 0.494 e. The van der Waals surface area contributed by atoms with E-state index in [0.29, 0.717) is 24.4 Å². The SMILES string of the molecule is COc1cc(NC(=O)[C@@H](C)N)ccc1N1CCCC1=O. The lowest BCUT2D eigenvalue weighted by Crippen LogP contribution is -2.32. The lowest BCUT2D eigenvalue weighted by molar-refractivity contribution is -0.117. The van der Waals surface area contributed by atoms with Crippen LogP contribution in [0.2, 0.25) is 0 Å². The Bertz CT molecular complexity index is 528. The molecule has 1 atom stereocenters. The molecule has 1 aromatic rings. The van der Waals surface area contributed by atoms with Crippen LogP contribution in [0.4, 0.5) is 11.4 Å². The average Bonchev–Trinajstić information content (AvgIpc) is 2.84. The maximum Gasteiger partial charge on any atom is 0.241 e. The third kappa shape index (κ3) is 2.91. The van der Waals surface area contributed by atoms with Crippen molar-refractivity contribution in [1.29, 1.82) is 0 Å². The van der Waals surface area contributed by atoms with E-state index in [1.807, 2.05) is 0 Å². The zero-order chi connectivity index (χ0) is 14.7. The van der Waals surface area contributed by atoms with Crippen LogP contribution in [0.1, 0.15) is 19.8 Å². The highest BCUT2D eigenvalue weighted by molar-refractivity contribution is 5.98. The molecule has 2 amide bonds. The molecule has 1 aliphatic heterocycles. The second-order valence-electron chi connectivity index (χ2n) is 4.81. The lowest BCUT2D eigenvalue weighted by atomic mass is 10.2. The number of rotatable bonds is 4. The van der Waals surface area contributed by atoms with Crippen LogP contribution in [0, 0.1) is 0 Å². The van der Waals surface area contributed by atoms with Gasteiger partial charge in [-0.2, -0.15) is 0 Å². The number of amides is 2. The molecule has 0 aliphatic carbocycles. The smallest absolute Gasteiger partial charge is 0.241 e. The summed E-state index contributed by atoms with van der Waals surface area (Å²) in [4.78, 5) is 25.0. The number of nitrogens with one attached hydrogen (secondary N) is 1. The Kier molecular flexibility index (Phi) is 4.24. The predicted molar refractivity (Wildman–Crippen MR) is 76.9 cm³/mol. The van der Waals surface area contributed by atoms with E-state index in [0.717, 1.165) is 12.1 Å². The Morgan fingerprint density at radius 3 is 2.80 bits per heavy atom. The van der Waals surface area contributed by atoms with Gasteiger partial charge in [-0.25, -0.2) is 0 Å². The van der Waals surface area contributed by atoms with Crippen molar-refractivity contribution in [2.24, 2.45) is 5.73 Å². The van der Waals surface area contributed by atoms with Crippen LogP contribution < -0.4 is 20.7 Å². The second kappa shape index (κ2) is 5.92. The summed E-state index contributed by atoms with van der Waals surface area (Å²) < 4.78 is 5.31. The van der Waals surface area contributed by atoms with Gasteiger partial charge in [-0.1, -0.05) is 0 Å². The molecule has 2 rings (SSSR count). The summed E-state index contributed by atoms with van der Waals surface area (Å²) in [7, 11) is 1.54. The molecule has 3 N–H and O–H groups in total. The van der Waals surface area contributed by atoms with Crippen molar-refractivity contribution in [2.45, 2.75) is 25.8 Å². The van der Waals surface area contributed by atoms with Crippen molar-refractivity contribution in [2.75, 3.05) is 23.9 Å². The summed E-state index contributed by atoms with van der Waals surface area (Å²) in [6.07, 6.45) is 1.41. The first kappa shape index (κ1) is 14.3. The van der Waals surface area contributed by atoms with E-state index < -0.39 is 6.04 Å². The van der Waals surface area contributed by atoms with Gasteiger partial charge in [0.2, 0.25) is 11.8 Å². The van der Waals surface area contributed by atoms with Crippen molar-refractivity contribution < 1.29 is 14.3 Å². The monoisotopic (exact) mass is 277 g/mol. The maximum absolute atomic E-state index is 11.8. The van der Waals surface area contributed by atoms with Gasteiger partial charge in [0.25, 0.3) is 0 Å². The minimum absolute atomic E-state index is 0.0932. The van der Waals surface area contributed by atoms with Gasteiger partial charge < -0.3 is 20.7 Å². The highest BCUT2D eigenvalue weighted by Gasteiger charge is 2.24. The van der Waals surface area contributed by atoms with Crippen LogP contribution in [-0.4, -0.2) is 31.5 Å². The third-order valence-electron chi connectivity index (χ3n) is 3.23. The molecule has 1 saturated heterocycles. The van der Waals surface area contributed by atoms with Gasteiger partial charge in [0.15, 0.2) is 0 Å². The summed E-state index contributed by atoms with van der Waals surface area (Å²) >= 11 is 0. The van der Waals surface area contributed by atoms with Crippen LogP contribution in [0.3, 0.4) is 0 Å². The van der Waals surface area contributed by atoms with Gasteiger partial charge in [-0.3, -0.25) is 9.59 Å². The molecule has 0 unspecified atom stereocenters. The van der Waals surface area contributed by atoms with E-state index >= 15 is 0 Å². The molecule has 0 bridgehead atoms. The molecule has 1 aromatic carbocycles. The number of carbonyl (C=O) groups is 2. The first-order chi connectivity index (χ1) is 9.52. The number of anilines is 2. The van der Waals surface area contributed by atoms with E-state index in [1.165, 1.54) is 7.11 Å². The number of methoxy groups -OCH3 is 1. The molecule has 1 fully saturated rings. The summed E-state index contributed by atoms with van der Waals surface area (Å²) in [6, 6.07) is 4.63. The van der Waals surface area contributed by atoms with E-state index in [9.17, 15) is 9.59 Å². The van der Waals surface area contributed by atoms with Gasteiger partial charge in [0.05, 0.1) is 18.8 Å². The normalized spacial score (nSPS) is 16.1. The van der Waals surface area contributed by atoms with E-state index in [2.05, 4.69) is 5.32 Å². The van der Waals surface area contributed by atoms with Crippen LogP contribution >= 0.6 is 0 Å². The quantitative estimate of drug-likeness (QED) is 0.863. The van der Waals surface area contributed by atoms with Gasteiger partial charge in [0, 0.05) is 24.7 Å². The Labute approximate surface area is 117 Å². The maximum atomic E-state index is 11.8. The van der Waals surface area contributed by atoms with Crippen molar-refractivity contribution in [3.63, 3.8) is 0 Å². The van der Waals surface area contributed by atoms with Gasteiger partial charge in [-0.15, -0.1) is 0 Å². The van der Waals surface area contributed by atoms with Crippen molar-refractivity contribution in [3.8, 4) is 5.75 Å². The number of carbonyl (C=O) groups excluding carboxylic acids is 2. The molecule has 0 spiro atoms. The van der Waals surface area contributed by atoms with Gasteiger partial charge in [-0.05, 0) is 25.5 Å². The standard InChI is InChI=1S/C14H19N3O3/c1-9(15)14(19)16-10-5-6-11(12(8-10)20-2)17-7-3-4-13(17)18/h5-6,8-9H,3-4,7,15H2,1-2H3,(H,16,19)/t9-/m1/s1. The molecule has 0 aromatic heterocycles. The number of benzene rings is 1. The van der Waals surface area contributed by atoms with Gasteiger partial charge >= 0.3 is 0 Å². The van der Waals surface area contributed by atoms with Crippen LogP contribution in [0.5, 0.6) is 5.75 Å². The number of nitrogens with two attached hydrogens (primary N) is 1. The van der Waals surface area contributed by atoms with Crippen LogP contribution in [0.15, 0.2) is 18.2 Å². The fourth-order valence-corrected chi connectivity index (χ4v) is 2.14. The summed E-state index contributed by atoms with van der Waals surface area (Å²) in [5, 5.41) is 2.70. The molecular weight excluding hydrogens is 258 g/mol. The predicted octanol–water partition coefficient (Wildman–Crippen LogP) is 1.11. The Morgan fingerprint density at radius 2 is 2.25 bits per heavy atom. The minimum atomic E-state index is -0.583. The van der Waals surface area contributed by atoms with Crippen molar-refractivity contribution in [3.05, 3.63) is 18.2 Å². The van der Waals surface area contributed by atoms with Crippen LogP contribution in [0.25, 0.3) is 0 Å². The molecule has 0 radical (unpaired) electrons. The molecule has 108 valence electrons. The number of nitrogens with zero attached hydrogens (tertiary/aromatic N) is 1. The molecule has 0 saturated carbocycles. The molecule has 1 aliphatic rings. The zero-order valence-electron chi connectivity index (χ0n) is 11.7. The van der Waals surface area contributed by atoms with Crippen molar-refractivity contribution >= 4 is 23.2 Å². The molecule has 6 nitrogen and oxygen atoms in total.